The summed E-state index contributed by atoms with van der Waals surface area (Å²) in [6.07, 6.45) is 1.65. The molecule has 31 heavy (non-hydrogen) atoms. The Kier molecular flexibility index (Phi) is 8.29. The minimum Gasteiger partial charge on any atom is -0.491 e. The van der Waals surface area contributed by atoms with Crippen LogP contribution < -0.4 is 20.7 Å². The van der Waals surface area contributed by atoms with Crippen molar-refractivity contribution in [3.63, 3.8) is 0 Å². The second kappa shape index (κ2) is 11.4. The highest BCUT2D eigenvalue weighted by Gasteiger charge is 2.22. The Morgan fingerprint density at radius 1 is 1.06 bits per heavy atom. The molecule has 2 aromatic rings. The van der Waals surface area contributed by atoms with Gasteiger partial charge in [0.15, 0.2) is 0 Å². The SMILES string of the molecule is Cc1ccc(OCCNC(=O)NC2CCN(CC(=O)Nc3ccccc3)CC2)c(C)c1. The number of piperidine rings is 1. The number of carbonyl (C=O) groups excluding carboxylic acids is 2. The fourth-order valence-corrected chi connectivity index (χ4v) is 3.68. The van der Waals surface area contributed by atoms with Gasteiger partial charge >= 0.3 is 6.03 Å². The van der Waals surface area contributed by atoms with Crippen LogP contribution in [0, 0.1) is 13.8 Å². The molecule has 3 N–H and O–H groups in total. The van der Waals surface area contributed by atoms with Gasteiger partial charge in [0.2, 0.25) is 5.91 Å². The van der Waals surface area contributed by atoms with E-state index in [1.54, 1.807) is 0 Å². The van der Waals surface area contributed by atoms with Crippen LogP contribution in [0.5, 0.6) is 5.75 Å². The Labute approximate surface area is 184 Å². The van der Waals surface area contributed by atoms with Gasteiger partial charge < -0.3 is 20.7 Å². The first-order valence-electron chi connectivity index (χ1n) is 10.8. The first-order chi connectivity index (χ1) is 15.0. The molecule has 1 saturated heterocycles. The number of ether oxygens (including phenoxy) is 1. The number of carbonyl (C=O) groups is 2. The van der Waals surface area contributed by atoms with Crippen LogP contribution in [0.4, 0.5) is 10.5 Å². The highest BCUT2D eigenvalue weighted by molar-refractivity contribution is 5.92. The second-order valence-electron chi connectivity index (χ2n) is 7.98. The molecule has 0 radical (unpaired) electrons. The van der Waals surface area contributed by atoms with Crippen LogP contribution in [0.25, 0.3) is 0 Å². The molecule has 0 aliphatic carbocycles. The first kappa shape index (κ1) is 22.6. The number of nitrogens with one attached hydrogen (secondary N) is 3. The molecule has 0 spiro atoms. The monoisotopic (exact) mass is 424 g/mol. The van der Waals surface area contributed by atoms with Crippen molar-refractivity contribution in [1.82, 2.24) is 15.5 Å². The summed E-state index contributed by atoms with van der Waals surface area (Å²) in [5.41, 5.74) is 3.10. The molecule has 1 aliphatic heterocycles. The summed E-state index contributed by atoms with van der Waals surface area (Å²) in [6.45, 7) is 6.85. The average Bonchev–Trinajstić information content (AvgIpc) is 2.74. The van der Waals surface area contributed by atoms with Gasteiger partial charge in [-0.1, -0.05) is 35.9 Å². The molecule has 1 aliphatic rings. The van der Waals surface area contributed by atoms with Crippen LogP contribution in [0.2, 0.25) is 0 Å². The molecule has 0 aromatic heterocycles. The standard InChI is InChI=1S/C24H32N4O3/c1-18-8-9-22(19(2)16-18)31-15-12-25-24(30)27-21-10-13-28(14-11-21)17-23(29)26-20-6-4-3-5-7-20/h3-9,16,21H,10-15,17H2,1-2H3,(H,26,29)(H2,25,27,30). The summed E-state index contributed by atoms with van der Waals surface area (Å²) in [7, 11) is 0. The maximum Gasteiger partial charge on any atom is 0.315 e. The molecule has 0 bridgehead atoms. The van der Waals surface area contributed by atoms with Gasteiger partial charge in [0.1, 0.15) is 12.4 Å². The summed E-state index contributed by atoms with van der Waals surface area (Å²) in [6, 6.07) is 15.5. The highest BCUT2D eigenvalue weighted by Crippen LogP contribution is 2.18. The lowest BCUT2D eigenvalue weighted by atomic mass is 10.1. The quantitative estimate of drug-likeness (QED) is 0.569. The number of anilines is 1. The predicted molar refractivity (Wildman–Crippen MR) is 122 cm³/mol. The zero-order chi connectivity index (χ0) is 22.1. The zero-order valence-electron chi connectivity index (χ0n) is 18.3. The van der Waals surface area contributed by atoms with Gasteiger partial charge in [0.05, 0.1) is 13.1 Å². The van der Waals surface area contributed by atoms with Crippen molar-refractivity contribution in [2.75, 3.05) is 38.1 Å². The molecule has 2 aromatic carbocycles. The molecule has 7 heteroatoms. The number of nitrogens with zero attached hydrogens (tertiary/aromatic N) is 1. The molecule has 0 atom stereocenters. The summed E-state index contributed by atoms with van der Waals surface area (Å²) in [5.74, 6) is 0.829. The van der Waals surface area contributed by atoms with Crippen LogP contribution in [-0.4, -0.2) is 55.7 Å². The zero-order valence-corrected chi connectivity index (χ0v) is 18.3. The fraction of sp³-hybridized carbons (Fsp3) is 0.417. The van der Waals surface area contributed by atoms with E-state index in [9.17, 15) is 9.59 Å². The smallest absolute Gasteiger partial charge is 0.315 e. The normalized spacial score (nSPS) is 14.6. The van der Waals surface area contributed by atoms with E-state index < -0.39 is 0 Å². The van der Waals surface area contributed by atoms with Crippen molar-refractivity contribution in [3.05, 3.63) is 59.7 Å². The van der Waals surface area contributed by atoms with E-state index >= 15 is 0 Å². The van der Waals surface area contributed by atoms with Crippen molar-refractivity contribution >= 4 is 17.6 Å². The summed E-state index contributed by atoms with van der Waals surface area (Å²) in [5, 5.41) is 8.77. The molecule has 0 saturated carbocycles. The number of benzene rings is 2. The molecular formula is C24H32N4O3. The van der Waals surface area contributed by atoms with Gasteiger partial charge in [-0.05, 0) is 50.5 Å². The second-order valence-corrected chi connectivity index (χ2v) is 7.98. The Bertz CT molecular complexity index is 864. The van der Waals surface area contributed by atoms with E-state index in [2.05, 4.69) is 26.9 Å². The van der Waals surface area contributed by atoms with Crippen LogP contribution >= 0.6 is 0 Å². The number of rotatable bonds is 8. The number of urea groups is 1. The van der Waals surface area contributed by atoms with Crippen molar-refractivity contribution < 1.29 is 14.3 Å². The maximum atomic E-state index is 12.2. The fourth-order valence-electron chi connectivity index (χ4n) is 3.68. The minimum absolute atomic E-state index is 0.0147. The van der Waals surface area contributed by atoms with Crippen LogP contribution in [0.15, 0.2) is 48.5 Å². The Morgan fingerprint density at radius 2 is 1.81 bits per heavy atom. The Morgan fingerprint density at radius 3 is 2.52 bits per heavy atom. The average molecular weight is 425 g/mol. The number of hydrogen-bond acceptors (Lipinski definition) is 4. The topological polar surface area (TPSA) is 82.7 Å². The van der Waals surface area contributed by atoms with Crippen molar-refractivity contribution in [2.45, 2.75) is 32.7 Å². The molecule has 1 heterocycles. The van der Waals surface area contributed by atoms with E-state index in [0.717, 1.165) is 42.9 Å². The lowest BCUT2D eigenvalue weighted by Crippen LogP contribution is -2.49. The molecule has 3 rings (SSSR count). The molecule has 7 nitrogen and oxygen atoms in total. The van der Waals surface area contributed by atoms with Gasteiger partial charge in [-0.25, -0.2) is 4.79 Å². The van der Waals surface area contributed by atoms with E-state index in [0.29, 0.717) is 19.7 Å². The van der Waals surface area contributed by atoms with Crippen LogP contribution in [0.3, 0.4) is 0 Å². The third kappa shape index (κ3) is 7.61. The van der Waals surface area contributed by atoms with Gasteiger partial charge in [-0.2, -0.15) is 0 Å². The third-order valence-corrected chi connectivity index (χ3v) is 5.32. The summed E-state index contributed by atoms with van der Waals surface area (Å²) < 4.78 is 5.74. The van der Waals surface area contributed by atoms with E-state index in [1.807, 2.05) is 56.3 Å². The van der Waals surface area contributed by atoms with Gasteiger partial charge in [0.25, 0.3) is 0 Å². The number of aryl methyl sites for hydroxylation is 2. The molecule has 3 amide bonds. The molecule has 1 fully saturated rings. The number of hydrogen-bond donors (Lipinski definition) is 3. The van der Waals surface area contributed by atoms with Gasteiger partial charge in [0, 0.05) is 24.8 Å². The Balaban J connectivity index is 1.28. The van der Waals surface area contributed by atoms with Crippen LogP contribution in [-0.2, 0) is 4.79 Å². The summed E-state index contributed by atoms with van der Waals surface area (Å²) in [4.78, 5) is 26.4. The number of likely N-dealkylation sites (tertiary alicyclic amines) is 1. The number of para-hydroxylation sites is 1. The maximum absolute atomic E-state index is 12.2. The van der Waals surface area contributed by atoms with Gasteiger partial charge in [-0.15, -0.1) is 0 Å². The predicted octanol–water partition coefficient (Wildman–Crippen LogP) is 3.08. The van der Waals surface area contributed by atoms with Crippen molar-refractivity contribution in [2.24, 2.45) is 0 Å². The molecule has 166 valence electrons. The van der Waals surface area contributed by atoms with E-state index in [-0.39, 0.29) is 18.0 Å². The Hall–Kier alpha value is -3.06. The highest BCUT2D eigenvalue weighted by atomic mass is 16.5. The van der Waals surface area contributed by atoms with Gasteiger partial charge in [-0.3, -0.25) is 9.69 Å². The summed E-state index contributed by atoms with van der Waals surface area (Å²) >= 11 is 0. The largest absolute Gasteiger partial charge is 0.491 e. The van der Waals surface area contributed by atoms with Crippen molar-refractivity contribution in [1.29, 1.82) is 0 Å². The van der Waals surface area contributed by atoms with Crippen molar-refractivity contribution in [3.8, 4) is 5.75 Å². The lowest BCUT2D eigenvalue weighted by Gasteiger charge is -2.31. The first-order valence-corrected chi connectivity index (χ1v) is 10.8. The molecular weight excluding hydrogens is 392 g/mol. The van der Waals surface area contributed by atoms with E-state index in [4.69, 9.17) is 4.74 Å². The van der Waals surface area contributed by atoms with Crippen LogP contribution in [0.1, 0.15) is 24.0 Å². The number of amides is 3. The lowest BCUT2D eigenvalue weighted by molar-refractivity contribution is -0.117. The van der Waals surface area contributed by atoms with E-state index in [1.165, 1.54) is 5.56 Å². The molecule has 0 unspecified atom stereocenters. The minimum atomic E-state index is -0.176. The third-order valence-electron chi connectivity index (χ3n) is 5.32.